The molecule has 0 fully saturated rings. The lowest BCUT2D eigenvalue weighted by atomic mass is 9.87. The lowest BCUT2D eigenvalue weighted by molar-refractivity contribution is -0.145. The molecule has 1 unspecified atom stereocenters. The summed E-state index contributed by atoms with van der Waals surface area (Å²) >= 11 is 1.05. The highest BCUT2D eigenvalue weighted by Gasteiger charge is 2.30. The molecule has 0 saturated heterocycles. The molecule has 3 rings (SSSR count). The number of ketones is 1. The van der Waals surface area contributed by atoms with Gasteiger partial charge in [-0.25, -0.2) is 0 Å². The van der Waals surface area contributed by atoms with Gasteiger partial charge in [-0.05, 0) is 30.2 Å². The van der Waals surface area contributed by atoms with Crippen LogP contribution in [0.3, 0.4) is 0 Å². The molecule has 1 atom stereocenters. The van der Waals surface area contributed by atoms with E-state index in [-0.39, 0.29) is 36.9 Å². The Bertz CT molecular complexity index is 1070. The molecule has 0 spiro atoms. The maximum atomic E-state index is 12.3. The van der Waals surface area contributed by atoms with E-state index in [1.165, 1.54) is 0 Å². The van der Waals surface area contributed by atoms with Crippen molar-refractivity contribution in [3.63, 3.8) is 0 Å². The van der Waals surface area contributed by atoms with E-state index < -0.39 is 11.9 Å². The zero-order valence-corrected chi connectivity index (χ0v) is 19.0. The highest BCUT2D eigenvalue weighted by molar-refractivity contribution is 8.03. The lowest BCUT2D eigenvalue weighted by Crippen LogP contribution is -2.31. The van der Waals surface area contributed by atoms with Gasteiger partial charge in [0.2, 0.25) is 5.91 Å². The predicted octanol–water partition coefficient (Wildman–Crippen LogP) is 3.86. The maximum absolute atomic E-state index is 12.3. The van der Waals surface area contributed by atoms with Gasteiger partial charge in [-0.2, -0.15) is 5.26 Å². The molecule has 0 radical (unpaired) electrons. The molecule has 0 aliphatic carbocycles. The Labute approximate surface area is 196 Å². The van der Waals surface area contributed by atoms with Crippen molar-refractivity contribution in [1.82, 2.24) is 5.32 Å². The normalized spacial score (nSPS) is 15.4. The van der Waals surface area contributed by atoms with E-state index in [1.54, 1.807) is 6.92 Å². The highest BCUT2D eigenvalue weighted by atomic mass is 32.2. The van der Waals surface area contributed by atoms with E-state index in [2.05, 4.69) is 11.4 Å². The van der Waals surface area contributed by atoms with Crippen LogP contribution >= 0.6 is 11.8 Å². The Morgan fingerprint density at radius 2 is 1.88 bits per heavy atom. The number of hydrogen-bond acceptors (Lipinski definition) is 7. The monoisotopic (exact) mass is 464 g/mol. The molecule has 7 nitrogen and oxygen atoms in total. The van der Waals surface area contributed by atoms with Gasteiger partial charge in [0.15, 0.2) is 5.78 Å². The Hall–Kier alpha value is -3.57. The molecule has 170 valence electrons. The van der Waals surface area contributed by atoms with Crippen LogP contribution < -0.4 is 10.1 Å². The molecule has 1 N–H and O–H groups in total. The van der Waals surface area contributed by atoms with E-state index >= 15 is 0 Å². The van der Waals surface area contributed by atoms with Crippen LogP contribution in [0.15, 0.2) is 65.2 Å². The third-order valence-electron chi connectivity index (χ3n) is 4.91. The third-order valence-corrected chi connectivity index (χ3v) is 5.99. The summed E-state index contributed by atoms with van der Waals surface area (Å²) in [6.45, 7) is 2.31. The zero-order valence-electron chi connectivity index (χ0n) is 18.2. The van der Waals surface area contributed by atoms with Crippen LogP contribution in [0.25, 0.3) is 0 Å². The zero-order chi connectivity index (χ0) is 23.6. The summed E-state index contributed by atoms with van der Waals surface area (Å²) in [4.78, 5) is 35.8. The van der Waals surface area contributed by atoms with Crippen molar-refractivity contribution in [2.75, 3.05) is 12.4 Å². The van der Waals surface area contributed by atoms with Crippen LogP contribution in [0, 0.1) is 11.3 Å². The number of allylic oxidation sites excluding steroid dienone is 1. The topological polar surface area (TPSA) is 105 Å². The molecule has 0 saturated carbocycles. The fourth-order valence-electron chi connectivity index (χ4n) is 3.33. The molecule has 2 aromatic carbocycles. The van der Waals surface area contributed by atoms with Crippen LogP contribution in [0.1, 0.15) is 36.8 Å². The summed E-state index contributed by atoms with van der Waals surface area (Å²) in [7, 11) is 0. The minimum absolute atomic E-state index is 0.0431. The number of rotatable bonds is 10. The number of amides is 1. The first kappa shape index (κ1) is 24.1. The van der Waals surface area contributed by atoms with E-state index in [4.69, 9.17) is 9.47 Å². The number of carbonyl (C=O) groups excluding carboxylic acids is 3. The Balaban J connectivity index is 1.68. The molecule has 1 heterocycles. The third kappa shape index (κ3) is 6.96. The number of carbonyl (C=O) groups is 3. The van der Waals surface area contributed by atoms with Crippen molar-refractivity contribution < 1.29 is 23.9 Å². The predicted molar refractivity (Wildman–Crippen MR) is 124 cm³/mol. The second-order valence-corrected chi connectivity index (χ2v) is 8.30. The van der Waals surface area contributed by atoms with Crippen molar-refractivity contribution in [3.05, 3.63) is 76.3 Å². The molecule has 0 bridgehead atoms. The summed E-state index contributed by atoms with van der Waals surface area (Å²) in [5.74, 6) is -0.932. The Kier molecular flexibility index (Phi) is 8.67. The fourth-order valence-corrected chi connectivity index (χ4v) is 4.27. The Morgan fingerprint density at radius 3 is 2.55 bits per heavy atom. The molecule has 0 aromatic heterocycles. The number of thioether (sulfide) groups is 1. The van der Waals surface area contributed by atoms with Gasteiger partial charge < -0.3 is 14.8 Å². The van der Waals surface area contributed by atoms with E-state index in [1.807, 2.05) is 54.6 Å². The number of ether oxygens (including phenoxy) is 2. The number of nitriles is 1. The molecule has 2 aromatic rings. The van der Waals surface area contributed by atoms with Gasteiger partial charge in [-0.15, -0.1) is 0 Å². The molecule has 1 aliphatic rings. The van der Waals surface area contributed by atoms with E-state index in [0.717, 1.165) is 22.9 Å². The molecular weight excluding hydrogens is 440 g/mol. The maximum Gasteiger partial charge on any atom is 0.313 e. The average molecular weight is 465 g/mol. The van der Waals surface area contributed by atoms with Crippen LogP contribution in [0.2, 0.25) is 0 Å². The van der Waals surface area contributed by atoms with Gasteiger partial charge in [0.05, 0.1) is 29.0 Å². The molecule has 1 amide bonds. The van der Waals surface area contributed by atoms with E-state index in [9.17, 15) is 19.6 Å². The number of Topliss-reactive ketones (excluding diaryl/α,β-unsaturated/α-hetero) is 1. The van der Waals surface area contributed by atoms with Crippen LogP contribution in [-0.4, -0.2) is 30.0 Å². The Morgan fingerprint density at radius 1 is 1.15 bits per heavy atom. The largest absolute Gasteiger partial charge is 0.489 e. The quantitative estimate of drug-likeness (QED) is 0.420. The smallest absolute Gasteiger partial charge is 0.313 e. The first-order valence-corrected chi connectivity index (χ1v) is 11.5. The van der Waals surface area contributed by atoms with Crippen LogP contribution in [-0.2, 0) is 25.7 Å². The molecule has 8 heteroatoms. The SMILES string of the molecule is CCOC(=O)CC(=O)CSC1=C(C#N)C(c2ccc(OCc3ccccc3)cc2)CC(=O)N1. The number of nitrogens with one attached hydrogen (secondary N) is 1. The van der Waals surface area contributed by atoms with Crippen LogP contribution in [0.5, 0.6) is 5.75 Å². The van der Waals surface area contributed by atoms with Crippen molar-refractivity contribution >= 4 is 29.4 Å². The first-order valence-electron chi connectivity index (χ1n) is 10.5. The lowest BCUT2D eigenvalue weighted by Gasteiger charge is -2.25. The van der Waals surface area contributed by atoms with Crippen LogP contribution in [0.4, 0.5) is 0 Å². The summed E-state index contributed by atoms with van der Waals surface area (Å²) in [6.07, 6.45) is -0.203. The minimum atomic E-state index is -0.585. The molecular formula is C25H24N2O5S. The summed E-state index contributed by atoms with van der Waals surface area (Å²) in [5, 5.41) is 12.8. The van der Waals surface area contributed by atoms with Crippen molar-refractivity contribution in [3.8, 4) is 11.8 Å². The molecule has 33 heavy (non-hydrogen) atoms. The average Bonchev–Trinajstić information content (AvgIpc) is 2.82. The minimum Gasteiger partial charge on any atom is -0.489 e. The number of esters is 1. The second-order valence-electron chi connectivity index (χ2n) is 7.31. The standard InChI is InChI=1S/C25H24N2O5S/c1-2-31-24(30)12-19(28)16-33-25-22(14-26)21(13-23(29)27-25)18-8-10-20(11-9-18)32-15-17-6-4-3-5-7-17/h3-11,21H,2,12-13,15-16H2,1H3,(H,27,29). The first-order chi connectivity index (χ1) is 16.0. The van der Waals surface area contributed by atoms with Gasteiger partial charge in [0.25, 0.3) is 0 Å². The van der Waals surface area contributed by atoms with E-state index in [0.29, 0.717) is 23.0 Å². The van der Waals surface area contributed by atoms with Gasteiger partial charge in [-0.3, -0.25) is 14.4 Å². The van der Waals surface area contributed by atoms with Gasteiger partial charge in [0.1, 0.15) is 18.8 Å². The van der Waals surface area contributed by atoms with Gasteiger partial charge in [-0.1, -0.05) is 54.2 Å². The van der Waals surface area contributed by atoms with Gasteiger partial charge >= 0.3 is 5.97 Å². The number of benzene rings is 2. The summed E-state index contributed by atoms with van der Waals surface area (Å²) < 4.78 is 10.6. The van der Waals surface area contributed by atoms with Crippen molar-refractivity contribution in [1.29, 1.82) is 5.26 Å². The van der Waals surface area contributed by atoms with Crippen molar-refractivity contribution in [2.24, 2.45) is 0 Å². The molecule has 1 aliphatic heterocycles. The number of nitrogens with zero attached hydrogens (tertiary/aromatic N) is 1. The second kappa shape index (κ2) is 11.9. The fraction of sp³-hybridized carbons (Fsp3) is 0.280. The van der Waals surface area contributed by atoms with Gasteiger partial charge in [0, 0.05) is 12.3 Å². The summed E-state index contributed by atoms with van der Waals surface area (Å²) in [5.41, 5.74) is 2.25. The summed E-state index contributed by atoms with van der Waals surface area (Å²) in [6, 6.07) is 19.3. The highest BCUT2D eigenvalue weighted by Crippen LogP contribution is 2.36. The van der Waals surface area contributed by atoms with Crippen molar-refractivity contribution in [2.45, 2.75) is 32.3 Å². The number of hydrogen-bond donors (Lipinski definition) is 1.